The Bertz CT molecular complexity index is 1090. The van der Waals surface area contributed by atoms with Gasteiger partial charge in [-0.3, -0.25) is 42.8 Å². The summed E-state index contributed by atoms with van der Waals surface area (Å²) >= 11 is 0. The smallest absolute Gasteiger partial charge is 0.221 e. The van der Waals surface area contributed by atoms with Gasteiger partial charge in [0.2, 0.25) is 39.8 Å². The number of primary amides is 1. The molecule has 3 unspecified atom stereocenters. The maximum absolute atomic E-state index is 12.9. The third-order valence-electron chi connectivity index (χ3n) is 6.32. The number of nitrogens with two attached hydrogens (primary N) is 1. The fourth-order valence-electron chi connectivity index (χ4n) is 4.07. The van der Waals surface area contributed by atoms with Gasteiger partial charge >= 0.3 is 0 Å². The van der Waals surface area contributed by atoms with Crippen molar-refractivity contribution >= 4 is 39.8 Å². The van der Waals surface area contributed by atoms with Crippen molar-refractivity contribution in [2.75, 3.05) is 89.7 Å². The molecule has 1 fully saturated rings. The van der Waals surface area contributed by atoms with Crippen molar-refractivity contribution in [1.29, 1.82) is 0 Å². The van der Waals surface area contributed by atoms with E-state index < -0.39 is 39.8 Å². The Kier molecular flexibility index (Phi) is 16.8. The lowest BCUT2D eigenvalue weighted by Crippen LogP contribution is -2.37. The highest BCUT2D eigenvalue weighted by Gasteiger charge is 2.30. The minimum absolute atomic E-state index is 0.00477. The van der Waals surface area contributed by atoms with E-state index in [0.29, 0.717) is 0 Å². The van der Waals surface area contributed by atoms with Crippen molar-refractivity contribution in [2.24, 2.45) is 5.73 Å². The molecule has 1 heterocycles. The van der Waals surface area contributed by atoms with Gasteiger partial charge in [-0.25, -0.2) is 0 Å². The van der Waals surface area contributed by atoms with Crippen molar-refractivity contribution in [3.8, 4) is 24.7 Å². The van der Waals surface area contributed by atoms with Gasteiger partial charge in [0.15, 0.2) is 0 Å². The summed E-state index contributed by atoms with van der Waals surface area (Å²) in [5.74, 6) is 2.89. The SMILES string of the molecule is C#CCNC(=O)CCP(=O)(O)CN1CCN(CP(=O)(O)CCC(N)=O)CCN(CP(=O)(O)CCC(=O)NCC#C)CC1. The first-order valence-electron chi connectivity index (χ1n) is 13.3. The van der Waals surface area contributed by atoms with Gasteiger partial charge < -0.3 is 31.0 Å². The largest absolute Gasteiger partial charge is 0.370 e. The molecule has 0 saturated carbocycles. The Balaban J connectivity index is 2.99. The molecule has 1 saturated heterocycles. The van der Waals surface area contributed by atoms with E-state index in [1.54, 1.807) is 14.7 Å². The van der Waals surface area contributed by atoms with Crippen LogP contribution in [0.4, 0.5) is 0 Å². The summed E-state index contributed by atoms with van der Waals surface area (Å²) in [5.41, 5.74) is 5.12. The minimum Gasteiger partial charge on any atom is -0.370 e. The summed E-state index contributed by atoms with van der Waals surface area (Å²) in [6.45, 7) is 1.45. The maximum atomic E-state index is 12.9. The monoisotopic (exact) mass is 652 g/mol. The summed E-state index contributed by atoms with van der Waals surface area (Å²) in [6.07, 6.45) is 7.91. The standard InChI is InChI=1S/C24H43N6O9P3/c1-3-8-26-23(32)6-17-41(36,37)20-29-12-10-28(19-40(34,35)16-5-22(25)31)11-13-30(15-14-29)21-42(38,39)18-7-24(33)27-9-4-2/h1-2H,5-21H2,(H2,25,31)(H,26,32)(H,27,33)(H,34,35)(H,36,37)(H,38,39). The first-order chi connectivity index (χ1) is 19.6. The molecule has 3 atom stereocenters. The van der Waals surface area contributed by atoms with Crippen LogP contribution in [0.25, 0.3) is 0 Å². The molecular weight excluding hydrogens is 609 g/mol. The van der Waals surface area contributed by atoms with Gasteiger partial charge in [-0.15, -0.1) is 12.8 Å². The van der Waals surface area contributed by atoms with Crippen molar-refractivity contribution in [2.45, 2.75) is 19.3 Å². The summed E-state index contributed by atoms with van der Waals surface area (Å²) < 4.78 is 38.6. The van der Waals surface area contributed by atoms with Crippen LogP contribution in [0.2, 0.25) is 0 Å². The second kappa shape index (κ2) is 18.6. The van der Waals surface area contributed by atoms with Crippen LogP contribution < -0.4 is 16.4 Å². The average molecular weight is 653 g/mol. The quantitative estimate of drug-likeness (QED) is 0.0801. The molecule has 1 aliphatic rings. The first-order valence-corrected chi connectivity index (χ1v) is 19.4. The molecule has 0 bridgehead atoms. The Morgan fingerprint density at radius 1 is 0.643 bits per heavy atom. The van der Waals surface area contributed by atoms with E-state index in [9.17, 15) is 42.8 Å². The fraction of sp³-hybridized carbons (Fsp3) is 0.708. The zero-order chi connectivity index (χ0) is 31.8. The van der Waals surface area contributed by atoms with Crippen LogP contribution in [0, 0.1) is 24.7 Å². The van der Waals surface area contributed by atoms with Gasteiger partial charge in [0.25, 0.3) is 0 Å². The van der Waals surface area contributed by atoms with Crippen LogP contribution in [0.1, 0.15) is 19.3 Å². The Hall–Kier alpha value is -2.02. The molecule has 0 aromatic heterocycles. The lowest BCUT2D eigenvalue weighted by molar-refractivity contribution is -0.121. The Labute approximate surface area is 247 Å². The predicted molar refractivity (Wildman–Crippen MR) is 160 cm³/mol. The molecule has 7 N–H and O–H groups in total. The van der Waals surface area contributed by atoms with Crippen LogP contribution >= 0.6 is 22.1 Å². The number of terminal acetylenes is 2. The predicted octanol–water partition coefficient (Wildman–Crippen LogP) is -1.26. The second-order valence-electron chi connectivity index (χ2n) is 10.2. The molecule has 1 aliphatic heterocycles. The molecule has 0 radical (unpaired) electrons. The number of nitrogens with one attached hydrogen (secondary N) is 2. The molecule has 18 heteroatoms. The van der Waals surface area contributed by atoms with Crippen LogP contribution in [0.3, 0.4) is 0 Å². The lowest BCUT2D eigenvalue weighted by Gasteiger charge is -2.28. The highest BCUT2D eigenvalue weighted by molar-refractivity contribution is 7.58. The van der Waals surface area contributed by atoms with Crippen LogP contribution in [0.5, 0.6) is 0 Å². The third kappa shape index (κ3) is 17.8. The minimum atomic E-state index is -3.81. The van der Waals surface area contributed by atoms with E-state index in [4.69, 9.17) is 18.6 Å². The zero-order valence-corrected chi connectivity index (χ0v) is 26.4. The summed E-state index contributed by atoms with van der Waals surface area (Å²) in [7, 11) is -11.4. The average Bonchev–Trinajstić information content (AvgIpc) is 2.98. The summed E-state index contributed by atoms with van der Waals surface area (Å²) in [4.78, 5) is 71.4. The number of carbonyl (C=O) groups is 3. The molecular formula is C24H43N6O9P3. The molecule has 238 valence electrons. The topological polar surface area (TPSA) is 223 Å². The molecule has 0 spiro atoms. The van der Waals surface area contributed by atoms with Gasteiger partial charge in [0.05, 0.1) is 31.9 Å². The molecule has 0 aliphatic carbocycles. The van der Waals surface area contributed by atoms with Crippen molar-refractivity contribution in [3.05, 3.63) is 0 Å². The van der Waals surface area contributed by atoms with E-state index >= 15 is 0 Å². The third-order valence-corrected chi connectivity index (χ3v) is 11.6. The number of nitrogens with zero attached hydrogens (tertiary/aromatic N) is 3. The van der Waals surface area contributed by atoms with Gasteiger partial charge in [-0.05, 0) is 0 Å². The molecule has 15 nitrogen and oxygen atoms in total. The molecule has 1 rings (SSSR count). The van der Waals surface area contributed by atoms with E-state index in [-0.39, 0.29) is 109 Å². The zero-order valence-electron chi connectivity index (χ0n) is 23.7. The number of rotatable bonds is 17. The molecule has 0 aromatic carbocycles. The number of hydrogen-bond donors (Lipinski definition) is 6. The van der Waals surface area contributed by atoms with Crippen molar-refractivity contribution in [3.63, 3.8) is 0 Å². The van der Waals surface area contributed by atoms with Gasteiger partial charge in [0.1, 0.15) is 0 Å². The second-order valence-corrected chi connectivity index (χ2v) is 17.4. The van der Waals surface area contributed by atoms with Crippen molar-refractivity contribution < 1.29 is 42.8 Å². The van der Waals surface area contributed by atoms with Crippen LogP contribution in [0.15, 0.2) is 0 Å². The fourth-order valence-corrected chi connectivity index (χ4v) is 8.89. The Morgan fingerprint density at radius 3 is 1.19 bits per heavy atom. The Morgan fingerprint density at radius 2 is 0.929 bits per heavy atom. The summed E-state index contributed by atoms with van der Waals surface area (Å²) in [5, 5.41) is 4.87. The van der Waals surface area contributed by atoms with Crippen LogP contribution in [-0.2, 0) is 28.1 Å². The van der Waals surface area contributed by atoms with E-state index in [2.05, 4.69) is 22.5 Å². The molecule has 42 heavy (non-hydrogen) atoms. The van der Waals surface area contributed by atoms with Crippen LogP contribution in [-0.4, -0.2) is 137 Å². The summed E-state index contributed by atoms with van der Waals surface area (Å²) in [6, 6.07) is 0. The number of hydrogen-bond acceptors (Lipinski definition) is 9. The van der Waals surface area contributed by atoms with E-state index in [1.807, 2.05) is 0 Å². The van der Waals surface area contributed by atoms with Gasteiger partial charge in [0, 0.05) is 77.0 Å². The van der Waals surface area contributed by atoms with Gasteiger partial charge in [-0.2, -0.15) is 0 Å². The number of amides is 3. The van der Waals surface area contributed by atoms with E-state index in [1.165, 1.54) is 0 Å². The number of carbonyl (C=O) groups excluding carboxylic acids is 3. The first kappa shape index (κ1) is 38.0. The lowest BCUT2D eigenvalue weighted by atomic mass is 10.4. The normalized spacial score (nSPS) is 19.7. The molecule has 3 amide bonds. The van der Waals surface area contributed by atoms with Crippen molar-refractivity contribution in [1.82, 2.24) is 25.3 Å². The van der Waals surface area contributed by atoms with E-state index in [0.717, 1.165) is 0 Å². The van der Waals surface area contributed by atoms with Gasteiger partial charge in [-0.1, -0.05) is 11.8 Å². The maximum Gasteiger partial charge on any atom is 0.221 e. The highest BCUT2D eigenvalue weighted by Crippen LogP contribution is 2.44. The molecule has 0 aromatic rings. The highest BCUT2D eigenvalue weighted by atomic mass is 31.2.